The second-order valence-corrected chi connectivity index (χ2v) is 5.66. The maximum Gasteiger partial charge on any atom is 0.323 e. The summed E-state index contributed by atoms with van der Waals surface area (Å²) in [6.07, 6.45) is 1.57. The number of aliphatic carboxylic acids is 1. The summed E-state index contributed by atoms with van der Waals surface area (Å²) in [5, 5.41) is 9.55. The van der Waals surface area contributed by atoms with Crippen molar-refractivity contribution in [2.24, 2.45) is 0 Å². The zero-order chi connectivity index (χ0) is 15.6. The number of carboxylic acids is 1. The van der Waals surface area contributed by atoms with Crippen LogP contribution in [0.1, 0.15) is 38.3 Å². The molecule has 2 atom stereocenters. The van der Waals surface area contributed by atoms with Gasteiger partial charge in [0, 0.05) is 17.7 Å². The Bertz CT molecular complexity index is 531. The molecule has 2 unspecified atom stereocenters. The van der Waals surface area contributed by atoms with Crippen molar-refractivity contribution in [3.05, 3.63) is 23.8 Å². The number of carbonyl (C=O) groups is 1. The van der Waals surface area contributed by atoms with Gasteiger partial charge in [-0.3, -0.25) is 9.69 Å². The van der Waals surface area contributed by atoms with E-state index in [1.54, 1.807) is 21.1 Å². The average Bonchev–Trinajstić information content (AvgIpc) is 2.89. The van der Waals surface area contributed by atoms with E-state index in [0.717, 1.165) is 30.0 Å². The molecule has 0 spiro atoms. The number of benzene rings is 1. The Morgan fingerprint density at radius 1 is 1.38 bits per heavy atom. The Balaban J connectivity index is 2.35. The summed E-state index contributed by atoms with van der Waals surface area (Å²) in [5.74, 6) is 0.686. The SMILES string of the molecule is COc1ccc(C(C)N2CCCC2(C)C(=O)O)c(OC)c1. The van der Waals surface area contributed by atoms with Crippen LogP contribution in [0.2, 0.25) is 0 Å². The van der Waals surface area contributed by atoms with Crippen molar-refractivity contribution in [3.63, 3.8) is 0 Å². The van der Waals surface area contributed by atoms with Gasteiger partial charge in [0.1, 0.15) is 17.0 Å². The van der Waals surface area contributed by atoms with Crippen molar-refractivity contribution in [1.29, 1.82) is 0 Å². The zero-order valence-corrected chi connectivity index (χ0v) is 13.0. The van der Waals surface area contributed by atoms with Gasteiger partial charge in [0.05, 0.1) is 14.2 Å². The minimum absolute atomic E-state index is 0.0329. The van der Waals surface area contributed by atoms with Crippen LogP contribution in [0.5, 0.6) is 11.5 Å². The topological polar surface area (TPSA) is 59.0 Å². The lowest BCUT2D eigenvalue weighted by Gasteiger charge is -2.36. The van der Waals surface area contributed by atoms with Gasteiger partial charge in [-0.2, -0.15) is 0 Å². The molecule has 2 rings (SSSR count). The molecule has 1 fully saturated rings. The van der Waals surface area contributed by atoms with Gasteiger partial charge in [-0.05, 0) is 39.3 Å². The third-order valence-electron chi connectivity index (χ3n) is 4.52. The lowest BCUT2D eigenvalue weighted by Crippen LogP contribution is -2.48. The minimum Gasteiger partial charge on any atom is -0.497 e. The van der Waals surface area contributed by atoms with Crippen molar-refractivity contribution in [2.45, 2.75) is 38.3 Å². The molecule has 5 heteroatoms. The highest BCUT2D eigenvalue weighted by Crippen LogP contribution is 2.40. The smallest absolute Gasteiger partial charge is 0.323 e. The number of methoxy groups -OCH3 is 2. The maximum absolute atomic E-state index is 11.6. The summed E-state index contributed by atoms with van der Waals surface area (Å²) in [6, 6.07) is 5.63. The number of hydrogen-bond acceptors (Lipinski definition) is 4. The summed E-state index contributed by atoms with van der Waals surface area (Å²) < 4.78 is 10.7. The van der Waals surface area contributed by atoms with Gasteiger partial charge in [0.2, 0.25) is 0 Å². The quantitative estimate of drug-likeness (QED) is 0.904. The number of nitrogens with zero attached hydrogens (tertiary/aromatic N) is 1. The second-order valence-electron chi connectivity index (χ2n) is 5.66. The van der Waals surface area contributed by atoms with Crippen LogP contribution in [0.4, 0.5) is 0 Å². The maximum atomic E-state index is 11.6. The summed E-state index contributed by atoms with van der Waals surface area (Å²) in [5.41, 5.74) is 0.164. The third kappa shape index (κ3) is 2.70. The van der Waals surface area contributed by atoms with Gasteiger partial charge in [0.25, 0.3) is 0 Å². The van der Waals surface area contributed by atoms with Gasteiger partial charge in [-0.25, -0.2) is 0 Å². The fourth-order valence-corrected chi connectivity index (χ4v) is 3.17. The number of ether oxygens (including phenoxy) is 2. The van der Waals surface area contributed by atoms with E-state index in [-0.39, 0.29) is 6.04 Å². The molecule has 0 aromatic heterocycles. The molecule has 21 heavy (non-hydrogen) atoms. The van der Waals surface area contributed by atoms with Gasteiger partial charge in [-0.15, -0.1) is 0 Å². The molecule has 0 radical (unpaired) electrons. The van der Waals surface area contributed by atoms with Crippen molar-refractivity contribution < 1.29 is 19.4 Å². The summed E-state index contributed by atoms with van der Waals surface area (Å²) in [7, 11) is 3.23. The van der Waals surface area contributed by atoms with E-state index in [0.29, 0.717) is 6.42 Å². The van der Waals surface area contributed by atoms with E-state index >= 15 is 0 Å². The predicted molar refractivity (Wildman–Crippen MR) is 79.9 cm³/mol. The molecule has 1 N–H and O–H groups in total. The molecule has 0 saturated carbocycles. The Kier molecular flexibility index (Phi) is 4.42. The highest BCUT2D eigenvalue weighted by Gasteiger charge is 2.46. The van der Waals surface area contributed by atoms with Crippen molar-refractivity contribution >= 4 is 5.97 Å². The Hall–Kier alpha value is -1.75. The van der Waals surface area contributed by atoms with E-state index in [1.807, 2.05) is 30.0 Å². The van der Waals surface area contributed by atoms with E-state index in [4.69, 9.17) is 9.47 Å². The minimum atomic E-state index is -0.815. The lowest BCUT2D eigenvalue weighted by molar-refractivity contribution is -0.149. The van der Waals surface area contributed by atoms with Crippen LogP contribution in [0.25, 0.3) is 0 Å². The first-order valence-corrected chi connectivity index (χ1v) is 7.16. The first-order valence-electron chi connectivity index (χ1n) is 7.16. The fraction of sp³-hybridized carbons (Fsp3) is 0.562. The van der Waals surface area contributed by atoms with Crippen LogP contribution >= 0.6 is 0 Å². The van der Waals surface area contributed by atoms with E-state index in [9.17, 15) is 9.90 Å². The molecule has 1 heterocycles. The van der Waals surface area contributed by atoms with Crippen molar-refractivity contribution in [3.8, 4) is 11.5 Å². The number of rotatable bonds is 5. The van der Waals surface area contributed by atoms with E-state index in [1.165, 1.54) is 0 Å². The average molecular weight is 293 g/mol. The molecule has 116 valence electrons. The molecule has 1 aromatic rings. The molecule has 1 aliphatic heterocycles. The molecule has 0 bridgehead atoms. The molecule has 1 aromatic carbocycles. The first-order chi connectivity index (χ1) is 9.93. The second kappa shape index (κ2) is 5.93. The third-order valence-corrected chi connectivity index (χ3v) is 4.52. The van der Waals surface area contributed by atoms with E-state index in [2.05, 4.69) is 0 Å². The fourth-order valence-electron chi connectivity index (χ4n) is 3.17. The molecule has 0 aliphatic carbocycles. The predicted octanol–water partition coefficient (Wildman–Crippen LogP) is 2.70. The summed E-state index contributed by atoms with van der Waals surface area (Å²) in [4.78, 5) is 13.7. The van der Waals surface area contributed by atoms with E-state index < -0.39 is 11.5 Å². The summed E-state index contributed by atoms with van der Waals surface area (Å²) in [6.45, 7) is 4.60. The Labute approximate surface area is 125 Å². The number of hydrogen-bond donors (Lipinski definition) is 1. The molecule has 1 aliphatic rings. The molecular weight excluding hydrogens is 270 g/mol. The van der Waals surface area contributed by atoms with Crippen LogP contribution in [-0.4, -0.2) is 42.3 Å². The molecule has 0 amide bonds. The monoisotopic (exact) mass is 293 g/mol. The largest absolute Gasteiger partial charge is 0.497 e. The zero-order valence-electron chi connectivity index (χ0n) is 13.0. The van der Waals surface area contributed by atoms with Gasteiger partial charge in [0.15, 0.2) is 0 Å². The number of carboxylic acid groups (broad SMARTS) is 1. The van der Waals surface area contributed by atoms with Crippen LogP contribution in [0.3, 0.4) is 0 Å². The van der Waals surface area contributed by atoms with Crippen molar-refractivity contribution in [1.82, 2.24) is 4.90 Å². The lowest BCUT2D eigenvalue weighted by atomic mass is 9.95. The normalized spacial score (nSPS) is 23.8. The van der Waals surface area contributed by atoms with Crippen LogP contribution < -0.4 is 9.47 Å². The summed E-state index contributed by atoms with van der Waals surface area (Å²) >= 11 is 0. The van der Waals surface area contributed by atoms with Crippen LogP contribution in [0.15, 0.2) is 18.2 Å². The molecule has 1 saturated heterocycles. The van der Waals surface area contributed by atoms with Crippen molar-refractivity contribution in [2.75, 3.05) is 20.8 Å². The molecular formula is C16H23NO4. The Morgan fingerprint density at radius 3 is 2.67 bits per heavy atom. The molecule has 5 nitrogen and oxygen atoms in total. The standard InChI is InChI=1S/C16H23NO4/c1-11(17-9-5-8-16(17,2)15(18)19)13-7-6-12(20-3)10-14(13)21-4/h6-7,10-11H,5,8-9H2,1-4H3,(H,18,19). The highest BCUT2D eigenvalue weighted by molar-refractivity contribution is 5.78. The first kappa shape index (κ1) is 15.6. The van der Waals surface area contributed by atoms with Gasteiger partial charge in [-0.1, -0.05) is 6.07 Å². The van der Waals surface area contributed by atoms with Crippen LogP contribution in [0, 0.1) is 0 Å². The highest BCUT2D eigenvalue weighted by atomic mass is 16.5. The van der Waals surface area contributed by atoms with Crippen LogP contribution in [-0.2, 0) is 4.79 Å². The van der Waals surface area contributed by atoms with Gasteiger partial charge >= 0.3 is 5.97 Å². The Morgan fingerprint density at radius 2 is 2.10 bits per heavy atom. The van der Waals surface area contributed by atoms with Gasteiger partial charge < -0.3 is 14.6 Å². The number of likely N-dealkylation sites (tertiary alicyclic amines) is 1.